The number of carbonyl (C=O) groups is 4. The summed E-state index contributed by atoms with van der Waals surface area (Å²) >= 11 is 28.8. The van der Waals surface area contributed by atoms with Crippen LogP contribution in [0, 0.1) is 11.6 Å². The Morgan fingerprint density at radius 3 is 1.65 bits per heavy atom. The van der Waals surface area contributed by atoms with Gasteiger partial charge in [0.15, 0.2) is 0 Å². The number of aromatic carboxylic acids is 2. The first-order valence-electron chi connectivity index (χ1n) is 24.7. The number of anilines is 3. The number of nitrogens with zero attached hydrogens (tertiary/aromatic N) is 3. The number of hydrogen-bond donors (Lipinski definition) is 3. The minimum absolute atomic E-state index is 0.0472. The normalized spacial score (nSPS) is 14.4. The van der Waals surface area contributed by atoms with Crippen LogP contribution in [0.4, 0.5) is 25.8 Å². The smallest absolute Gasteiger partial charge is 0.338 e. The predicted molar refractivity (Wildman–Crippen MR) is 296 cm³/mol. The Hall–Kier alpha value is -7.28. The number of carboxylic acid groups (broad SMARTS) is 2. The topological polar surface area (TPSA) is 195 Å². The SMILES string of the molecule is O=C(O)c1cc(Br)ccc1F.O=C(O)c1cc(N2C(=O)CCc3cc(OCc4c(-c5c(Cl)cccc5Cl)noc4C4CC4)ccc32)ccc1F.O=C1CCc2cc(OCc3c(-c4c(Cl)cccc4Cl)noc3C3CC3)ccc2N1. The standard InChI is InChI=1S/C29H21Cl2FN2O5.C22H18Cl2N2O3.C7H4BrFO2/c30-21-2-1-3-22(31)26(21)27-20(28(39-33-27)15-4-5-15)14-38-18-8-10-24-16(12-18)6-11-25(35)34(24)17-7-9-23(32)19(13-17)29(36)37;23-16-2-1-3-17(24)20(16)21-15(22(29-26-21)12-4-5-12)11-28-14-7-8-18-13(10-14)6-9-19(27)25-18;8-4-1-2-6(9)5(3-4)7(10)11/h1-3,7-10,12-13,15H,4-6,11,14H2,(H,36,37);1-3,7-8,10,12H,4-6,9,11H2,(H,25,27);1-3H,(H,10,11). The molecule has 6 aromatic carbocycles. The van der Waals surface area contributed by atoms with Crippen molar-refractivity contribution in [3.63, 3.8) is 0 Å². The van der Waals surface area contributed by atoms with Gasteiger partial charge < -0.3 is 34.0 Å². The molecule has 2 fully saturated rings. The third kappa shape index (κ3) is 12.3. The van der Waals surface area contributed by atoms with Gasteiger partial charge in [-0.2, -0.15) is 0 Å². The number of hydrogen-bond acceptors (Lipinski definition) is 10. The Morgan fingerprint density at radius 2 is 1.13 bits per heavy atom. The molecule has 2 aliphatic heterocycles. The molecule has 0 unspecified atom stereocenters. The average Bonchev–Trinajstić information content (AvgIpc) is 4.41. The second-order valence-electron chi connectivity index (χ2n) is 18.9. The summed E-state index contributed by atoms with van der Waals surface area (Å²) in [7, 11) is 0. The minimum Gasteiger partial charge on any atom is -0.489 e. The quantitative estimate of drug-likeness (QED) is 0.0990. The maximum absolute atomic E-state index is 14.0. The van der Waals surface area contributed by atoms with Gasteiger partial charge in [0.25, 0.3) is 0 Å². The van der Waals surface area contributed by atoms with E-state index in [1.165, 1.54) is 29.2 Å². The highest BCUT2D eigenvalue weighted by atomic mass is 79.9. The zero-order valence-electron chi connectivity index (χ0n) is 41.3. The highest BCUT2D eigenvalue weighted by Crippen LogP contribution is 2.48. The van der Waals surface area contributed by atoms with Crippen LogP contribution in [0.15, 0.2) is 123 Å². The van der Waals surface area contributed by atoms with Gasteiger partial charge in [-0.15, -0.1) is 0 Å². The number of carbonyl (C=O) groups excluding carboxylic acids is 2. The fraction of sp³-hybridized carbons (Fsp3) is 0.207. The van der Waals surface area contributed by atoms with E-state index >= 15 is 0 Å². The summed E-state index contributed by atoms with van der Waals surface area (Å²) in [5.41, 5.74) is 6.93. The van der Waals surface area contributed by atoms with E-state index in [2.05, 4.69) is 31.6 Å². The van der Waals surface area contributed by atoms with Crippen molar-refractivity contribution in [1.82, 2.24) is 10.3 Å². The lowest BCUT2D eigenvalue weighted by Gasteiger charge is -2.30. The molecule has 12 rings (SSSR count). The Morgan fingerprint density at radius 1 is 0.633 bits per heavy atom. The van der Waals surface area contributed by atoms with E-state index in [0.717, 1.165) is 83.0 Å². The van der Waals surface area contributed by atoms with E-state index in [1.54, 1.807) is 48.5 Å². The summed E-state index contributed by atoms with van der Waals surface area (Å²) in [5.74, 6) is -0.838. The summed E-state index contributed by atoms with van der Waals surface area (Å²) in [6.45, 7) is 0.477. The van der Waals surface area contributed by atoms with E-state index < -0.39 is 29.1 Å². The molecule has 2 aliphatic carbocycles. The van der Waals surface area contributed by atoms with Gasteiger partial charge in [-0.05, 0) is 147 Å². The molecule has 0 atom stereocenters. The number of nitrogens with one attached hydrogen (secondary N) is 1. The van der Waals surface area contributed by atoms with Gasteiger partial charge in [-0.25, -0.2) is 18.4 Å². The molecule has 0 radical (unpaired) electrons. The fourth-order valence-electron chi connectivity index (χ4n) is 9.18. The zero-order valence-corrected chi connectivity index (χ0v) is 45.9. The second-order valence-corrected chi connectivity index (χ2v) is 21.4. The summed E-state index contributed by atoms with van der Waals surface area (Å²) in [4.78, 5) is 47.5. The molecule has 4 heterocycles. The van der Waals surface area contributed by atoms with Crippen molar-refractivity contribution in [3.8, 4) is 34.0 Å². The third-order valence-electron chi connectivity index (χ3n) is 13.4. The number of aromatic nitrogens is 2. The molecule has 404 valence electrons. The summed E-state index contributed by atoms with van der Waals surface area (Å²) < 4.78 is 50.8. The van der Waals surface area contributed by atoms with Gasteiger partial charge in [0.1, 0.15) is 59.3 Å². The number of benzene rings is 6. The molecular weight excluding hydrogens is 1170 g/mol. The van der Waals surface area contributed by atoms with Crippen LogP contribution < -0.4 is 19.7 Å². The lowest BCUT2D eigenvalue weighted by molar-refractivity contribution is -0.118. The van der Waals surface area contributed by atoms with E-state index in [-0.39, 0.29) is 42.0 Å². The van der Waals surface area contributed by atoms with Crippen molar-refractivity contribution in [1.29, 1.82) is 0 Å². The zero-order chi connectivity index (χ0) is 55.6. The maximum atomic E-state index is 14.0. The van der Waals surface area contributed by atoms with E-state index in [1.807, 2.05) is 24.3 Å². The molecule has 0 saturated heterocycles. The van der Waals surface area contributed by atoms with E-state index in [0.29, 0.717) is 90.3 Å². The molecular formula is C58H43BrCl4F2N4O10. The van der Waals surface area contributed by atoms with Gasteiger partial charge in [-0.1, -0.05) is 84.8 Å². The lowest BCUT2D eigenvalue weighted by atomic mass is 9.99. The predicted octanol–water partition coefficient (Wildman–Crippen LogP) is 15.8. The molecule has 0 spiro atoms. The van der Waals surface area contributed by atoms with Crippen LogP contribution in [0.25, 0.3) is 22.5 Å². The number of fused-ring (bicyclic) bond motifs is 2. The number of carboxylic acids is 2. The van der Waals surface area contributed by atoms with Crippen molar-refractivity contribution in [2.45, 2.75) is 76.4 Å². The molecule has 3 N–H and O–H groups in total. The van der Waals surface area contributed by atoms with Gasteiger partial charge in [0.05, 0.1) is 48.0 Å². The molecule has 4 aliphatic rings. The summed E-state index contributed by atoms with van der Waals surface area (Å²) in [5, 5.41) is 31.2. The Bertz CT molecular complexity index is 3680. The summed E-state index contributed by atoms with van der Waals surface area (Å²) in [6.07, 6.45) is 6.06. The minimum atomic E-state index is -1.40. The van der Waals surface area contributed by atoms with Crippen molar-refractivity contribution in [2.75, 3.05) is 10.2 Å². The van der Waals surface area contributed by atoms with Crippen LogP contribution in [0.2, 0.25) is 20.1 Å². The number of halogens is 7. The van der Waals surface area contributed by atoms with Gasteiger partial charge in [-0.3, -0.25) is 14.5 Å². The number of amides is 2. The molecule has 0 bridgehead atoms. The Kier molecular flexibility index (Phi) is 16.4. The molecule has 2 saturated carbocycles. The molecule has 2 amide bonds. The Labute approximate surface area is 478 Å². The largest absolute Gasteiger partial charge is 0.489 e. The average molecular weight is 1220 g/mol. The number of rotatable bonds is 13. The van der Waals surface area contributed by atoms with Crippen LogP contribution in [0.3, 0.4) is 0 Å². The van der Waals surface area contributed by atoms with Crippen LogP contribution in [-0.4, -0.2) is 44.3 Å². The second kappa shape index (κ2) is 23.6. The van der Waals surface area contributed by atoms with E-state index in [9.17, 15) is 33.1 Å². The van der Waals surface area contributed by atoms with Crippen LogP contribution in [0.1, 0.15) is 105 Å². The molecule has 8 aromatic rings. The highest BCUT2D eigenvalue weighted by molar-refractivity contribution is 9.10. The van der Waals surface area contributed by atoms with Gasteiger partial charge >= 0.3 is 11.9 Å². The fourth-order valence-corrected chi connectivity index (χ4v) is 10.7. The first-order valence-corrected chi connectivity index (χ1v) is 27.0. The van der Waals surface area contributed by atoms with Crippen molar-refractivity contribution in [3.05, 3.63) is 190 Å². The van der Waals surface area contributed by atoms with Gasteiger partial charge in [0, 0.05) is 51.7 Å². The molecule has 14 nitrogen and oxygen atoms in total. The first kappa shape index (κ1) is 55.1. The first-order chi connectivity index (χ1) is 38.0. The lowest BCUT2D eigenvalue weighted by Crippen LogP contribution is -2.31. The van der Waals surface area contributed by atoms with Crippen LogP contribution in [-0.2, 0) is 35.6 Å². The van der Waals surface area contributed by atoms with E-state index in [4.69, 9.17) is 70.0 Å². The van der Waals surface area contributed by atoms with Crippen molar-refractivity contribution >= 4 is 103 Å². The van der Waals surface area contributed by atoms with Crippen molar-refractivity contribution < 1.29 is 56.7 Å². The summed E-state index contributed by atoms with van der Waals surface area (Å²) in [6, 6.07) is 29.1. The maximum Gasteiger partial charge on any atom is 0.338 e. The Balaban J connectivity index is 0.000000154. The monoisotopic (exact) mass is 1210 g/mol. The molecule has 2 aromatic heterocycles. The van der Waals surface area contributed by atoms with Crippen LogP contribution in [0.5, 0.6) is 11.5 Å². The van der Waals surface area contributed by atoms with Crippen molar-refractivity contribution in [2.24, 2.45) is 0 Å². The third-order valence-corrected chi connectivity index (χ3v) is 15.2. The highest BCUT2D eigenvalue weighted by Gasteiger charge is 2.36. The molecule has 21 heteroatoms. The number of ether oxygens (including phenoxy) is 2. The number of aryl methyl sites for hydroxylation is 2. The molecule has 79 heavy (non-hydrogen) atoms. The van der Waals surface area contributed by atoms with Gasteiger partial charge in [0.2, 0.25) is 11.8 Å². The van der Waals surface area contributed by atoms with Crippen LogP contribution >= 0.6 is 62.3 Å².